The molecule has 0 amide bonds. The van der Waals surface area contributed by atoms with Crippen LogP contribution < -0.4 is 0 Å². The van der Waals surface area contributed by atoms with Gasteiger partial charge in [0.15, 0.2) is 0 Å². The first-order valence-corrected chi connectivity index (χ1v) is 13.6. The van der Waals surface area contributed by atoms with E-state index in [4.69, 9.17) is 9.84 Å². The van der Waals surface area contributed by atoms with E-state index in [1.807, 2.05) is 0 Å². The van der Waals surface area contributed by atoms with Gasteiger partial charge in [-0.1, -0.05) is 36.4 Å². The van der Waals surface area contributed by atoms with E-state index >= 15 is 0 Å². The van der Waals surface area contributed by atoms with Gasteiger partial charge in [0.2, 0.25) is 0 Å². The molecule has 2 N–H and O–H groups in total. The zero-order valence-electron chi connectivity index (χ0n) is 23.8. The number of rotatable bonds is 10. The van der Waals surface area contributed by atoms with Crippen LogP contribution in [-0.2, 0) is 49.3 Å². The molecule has 0 fully saturated rings. The number of hydrogen-bond acceptors (Lipinski definition) is 5. The normalized spacial score (nSPS) is 11.5. The Hall–Kier alpha value is -4.62. The Morgan fingerprint density at radius 1 is 0.818 bits per heavy atom. The fraction of sp³-hybridized carbons (Fsp3) is 0.333. The van der Waals surface area contributed by atoms with Gasteiger partial charge in [0.05, 0.1) is 29.1 Å². The molecule has 0 atom stereocenters. The highest BCUT2D eigenvalue weighted by molar-refractivity contribution is 5.87. The monoisotopic (exact) mass is 624 g/mol. The van der Waals surface area contributed by atoms with Crippen molar-refractivity contribution in [3.63, 3.8) is 0 Å². The van der Waals surface area contributed by atoms with E-state index in [2.05, 4.69) is 15.3 Å². The van der Waals surface area contributed by atoms with Gasteiger partial charge >= 0.3 is 24.3 Å². The third kappa shape index (κ3) is 9.19. The Kier molecular flexibility index (Phi) is 11.3. The molecule has 44 heavy (non-hydrogen) atoms. The van der Waals surface area contributed by atoms with Crippen molar-refractivity contribution in [2.75, 3.05) is 6.61 Å². The third-order valence-electron chi connectivity index (χ3n) is 6.42. The van der Waals surface area contributed by atoms with Crippen molar-refractivity contribution in [1.29, 1.82) is 0 Å². The molecule has 0 radical (unpaired) electrons. The van der Waals surface area contributed by atoms with Crippen LogP contribution in [0.25, 0.3) is 0 Å². The summed E-state index contributed by atoms with van der Waals surface area (Å²) in [4.78, 5) is 22.5. The summed E-state index contributed by atoms with van der Waals surface area (Å²) in [5.74, 6) is -1.63. The number of carboxylic acid groups (broad SMARTS) is 1. The average molecular weight is 625 g/mol. The summed E-state index contributed by atoms with van der Waals surface area (Å²) in [6.45, 7) is 4.07. The second-order valence-corrected chi connectivity index (χ2v) is 9.45. The van der Waals surface area contributed by atoms with Crippen LogP contribution in [0.1, 0.15) is 68.5 Å². The zero-order chi connectivity index (χ0) is 32.5. The number of ether oxygens (including phenoxy) is 1. The molecule has 0 saturated heterocycles. The van der Waals surface area contributed by atoms with E-state index in [1.54, 1.807) is 26.0 Å². The van der Waals surface area contributed by atoms with Gasteiger partial charge in [0, 0.05) is 6.54 Å². The molecule has 14 heteroatoms. The molecule has 2 aromatic heterocycles. The molecule has 4 rings (SSSR count). The lowest BCUT2D eigenvalue weighted by Crippen LogP contribution is -2.10. The van der Waals surface area contributed by atoms with E-state index in [0.29, 0.717) is 24.4 Å². The minimum absolute atomic E-state index is 0.0432. The summed E-state index contributed by atoms with van der Waals surface area (Å²) in [5.41, 5.74) is 0.298. The Bertz CT molecular complexity index is 1560. The highest BCUT2D eigenvalue weighted by Gasteiger charge is 2.33. The number of benzene rings is 2. The molecule has 0 unspecified atom stereocenters. The van der Waals surface area contributed by atoms with E-state index in [9.17, 15) is 35.9 Å². The molecule has 0 bridgehead atoms. The van der Waals surface area contributed by atoms with Gasteiger partial charge in [0.1, 0.15) is 11.4 Å². The van der Waals surface area contributed by atoms with Gasteiger partial charge in [-0.05, 0) is 74.9 Å². The van der Waals surface area contributed by atoms with Gasteiger partial charge in [-0.15, -0.1) is 0 Å². The predicted octanol–water partition coefficient (Wildman–Crippen LogP) is 6.80. The molecular weight excluding hydrogens is 594 g/mol. The first-order chi connectivity index (χ1) is 20.7. The van der Waals surface area contributed by atoms with Gasteiger partial charge in [0.25, 0.3) is 0 Å². The lowest BCUT2D eigenvalue weighted by Gasteiger charge is -2.11. The Labute approximate surface area is 248 Å². The lowest BCUT2D eigenvalue weighted by atomic mass is 10.0. The minimum atomic E-state index is -4.40. The SMILES string of the molecule is CCOC(=O)c1cc(CCc2ccccc2C(F)(F)F)n[nH]1.CCn1nc(CCc2ccccc2C(F)(F)F)cc1C(=O)O. The van der Waals surface area contributed by atoms with Crippen LogP contribution >= 0.6 is 0 Å². The van der Waals surface area contributed by atoms with E-state index in [1.165, 1.54) is 41.1 Å². The van der Waals surface area contributed by atoms with Crippen molar-refractivity contribution in [3.8, 4) is 0 Å². The number of aromatic amines is 1. The molecule has 2 aromatic carbocycles. The first kappa shape index (κ1) is 33.9. The molecule has 4 aromatic rings. The number of nitrogens with zero attached hydrogens (tertiary/aromatic N) is 3. The zero-order valence-corrected chi connectivity index (χ0v) is 23.8. The Balaban J connectivity index is 0.000000240. The van der Waals surface area contributed by atoms with Crippen LogP contribution in [-0.4, -0.2) is 43.6 Å². The second-order valence-electron chi connectivity index (χ2n) is 9.45. The van der Waals surface area contributed by atoms with Crippen LogP contribution in [0, 0.1) is 0 Å². The molecule has 2 heterocycles. The van der Waals surface area contributed by atoms with Crippen LogP contribution in [0.4, 0.5) is 26.3 Å². The Morgan fingerprint density at radius 3 is 1.80 bits per heavy atom. The molecule has 0 aliphatic heterocycles. The summed E-state index contributed by atoms with van der Waals surface area (Å²) >= 11 is 0. The predicted molar refractivity (Wildman–Crippen MR) is 147 cm³/mol. The molecular formula is C30H30F6N4O4. The highest BCUT2D eigenvalue weighted by atomic mass is 19.4. The number of H-pyrrole nitrogens is 1. The summed E-state index contributed by atoms with van der Waals surface area (Å²) in [6.07, 6.45) is -7.90. The average Bonchev–Trinajstić information content (AvgIpc) is 3.62. The maximum atomic E-state index is 12.9. The fourth-order valence-electron chi connectivity index (χ4n) is 4.37. The Morgan fingerprint density at radius 2 is 1.34 bits per heavy atom. The van der Waals surface area contributed by atoms with Gasteiger partial charge in [-0.3, -0.25) is 9.78 Å². The van der Waals surface area contributed by atoms with Crippen molar-refractivity contribution in [2.45, 2.75) is 58.4 Å². The third-order valence-corrected chi connectivity index (χ3v) is 6.42. The maximum Gasteiger partial charge on any atom is 0.416 e. The standard InChI is InChI=1S/2C15H15F3N2O2/c1-2-22-14(21)13-9-11(19-20-13)8-7-10-5-3-4-6-12(10)15(16,17)18;1-2-20-13(14(21)22)9-11(19-20)8-7-10-5-3-4-6-12(10)15(16,17)18/h3-6,9H,2,7-8H2,1H3,(H,19,20);3-6,9H,2,7-8H2,1H3,(H,21,22). The molecule has 0 spiro atoms. The summed E-state index contributed by atoms with van der Waals surface area (Å²) in [5, 5.41) is 19.6. The maximum absolute atomic E-state index is 12.9. The summed E-state index contributed by atoms with van der Waals surface area (Å²) < 4.78 is 83.5. The fourth-order valence-corrected chi connectivity index (χ4v) is 4.37. The number of hydrogen-bond donors (Lipinski definition) is 2. The minimum Gasteiger partial charge on any atom is -0.477 e. The van der Waals surface area contributed by atoms with E-state index in [0.717, 1.165) is 12.1 Å². The van der Waals surface area contributed by atoms with Gasteiger partial charge in [-0.25, -0.2) is 9.59 Å². The number of aromatic carboxylic acids is 1. The number of halogens is 6. The van der Waals surface area contributed by atoms with E-state index < -0.39 is 35.4 Å². The van der Waals surface area contributed by atoms with Crippen molar-refractivity contribution in [2.24, 2.45) is 0 Å². The molecule has 8 nitrogen and oxygen atoms in total. The molecule has 0 saturated carbocycles. The topological polar surface area (TPSA) is 110 Å². The number of nitrogens with one attached hydrogen (secondary N) is 1. The van der Waals surface area contributed by atoms with Gasteiger partial charge in [-0.2, -0.15) is 36.5 Å². The summed E-state index contributed by atoms with van der Waals surface area (Å²) in [7, 11) is 0. The van der Waals surface area contributed by atoms with E-state index in [-0.39, 0.29) is 48.4 Å². The molecule has 0 aliphatic carbocycles. The quantitative estimate of drug-likeness (QED) is 0.148. The van der Waals surface area contributed by atoms with Crippen LogP contribution in [0.5, 0.6) is 0 Å². The smallest absolute Gasteiger partial charge is 0.416 e. The van der Waals surface area contributed by atoms with Crippen LogP contribution in [0.15, 0.2) is 60.7 Å². The van der Waals surface area contributed by atoms with Crippen LogP contribution in [0.3, 0.4) is 0 Å². The second kappa shape index (κ2) is 14.7. The number of aryl methyl sites for hydroxylation is 5. The number of carbonyl (C=O) groups is 2. The number of carboxylic acids is 1. The van der Waals surface area contributed by atoms with Crippen molar-refractivity contribution in [1.82, 2.24) is 20.0 Å². The van der Waals surface area contributed by atoms with Crippen molar-refractivity contribution < 1.29 is 45.8 Å². The lowest BCUT2D eigenvalue weighted by molar-refractivity contribution is -0.139. The number of alkyl halides is 6. The largest absolute Gasteiger partial charge is 0.477 e. The molecule has 0 aliphatic rings. The number of esters is 1. The van der Waals surface area contributed by atoms with Crippen LogP contribution in [0.2, 0.25) is 0 Å². The van der Waals surface area contributed by atoms with Crippen molar-refractivity contribution in [3.05, 3.63) is 106 Å². The highest BCUT2D eigenvalue weighted by Crippen LogP contribution is 2.33. The van der Waals surface area contributed by atoms with Gasteiger partial charge < -0.3 is 9.84 Å². The summed E-state index contributed by atoms with van der Waals surface area (Å²) in [6, 6.07) is 13.7. The first-order valence-electron chi connectivity index (χ1n) is 13.6. The number of carbonyl (C=O) groups excluding carboxylic acids is 1. The number of aromatic nitrogens is 4. The van der Waals surface area contributed by atoms with Crippen molar-refractivity contribution >= 4 is 11.9 Å². The molecule has 236 valence electrons.